The summed E-state index contributed by atoms with van der Waals surface area (Å²) in [6.07, 6.45) is 1.78. The van der Waals surface area contributed by atoms with Gasteiger partial charge >= 0.3 is 0 Å². The van der Waals surface area contributed by atoms with Gasteiger partial charge in [0.25, 0.3) is 0 Å². The standard InChI is InChI=1S/C12H15N3O/c1-8(13-2)10-7-14-15-12(10)9-5-3-4-6-11(9)16/h3-8,13,16H,1-2H3,(H,14,15). The van der Waals surface area contributed by atoms with Crippen molar-refractivity contribution < 1.29 is 5.11 Å². The van der Waals surface area contributed by atoms with E-state index in [2.05, 4.69) is 15.5 Å². The summed E-state index contributed by atoms with van der Waals surface area (Å²) in [7, 11) is 1.90. The van der Waals surface area contributed by atoms with E-state index in [9.17, 15) is 5.11 Å². The Kier molecular flexibility index (Phi) is 2.92. The Labute approximate surface area is 94.3 Å². The number of hydrogen-bond acceptors (Lipinski definition) is 3. The Hall–Kier alpha value is -1.81. The molecule has 0 saturated heterocycles. The van der Waals surface area contributed by atoms with Crippen LogP contribution in [-0.2, 0) is 0 Å². The molecule has 0 saturated carbocycles. The highest BCUT2D eigenvalue weighted by molar-refractivity contribution is 5.69. The smallest absolute Gasteiger partial charge is 0.124 e. The van der Waals surface area contributed by atoms with Gasteiger partial charge in [0.05, 0.1) is 11.9 Å². The van der Waals surface area contributed by atoms with E-state index in [0.717, 1.165) is 16.8 Å². The van der Waals surface area contributed by atoms with Crippen LogP contribution in [0.4, 0.5) is 0 Å². The van der Waals surface area contributed by atoms with Gasteiger partial charge in [-0.15, -0.1) is 0 Å². The lowest BCUT2D eigenvalue weighted by Crippen LogP contribution is -2.12. The first kappa shape index (κ1) is 10.7. The van der Waals surface area contributed by atoms with Crippen molar-refractivity contribution in [2.75, 3.05) is 7.05 Å². The van der Waals surface area contributed by atoms with Crippen molar-refractivity contribution >= 4 is 0 Å². The highest BCUT2D eigenvalue weighted by atomic mass is 16.3. The molecule has 2 aromatic rings. The molecule has 84 valence electrons. The summed E-state index contributed by atoms with van der Waals surface area (Å²) < 4.78 is 0. The summed E-state index contributed by atoms with van der Waals surface area (Å²) in [6, 6.07) is 7.42. The number of aromatic hydroxyl groups is 1. The van der Waals surface area contributed by atoms with Crippen LogP contribution < -0.4 is 5.32 Å². The highest BCUT2D eigenvalue weighted by Gasteiger charge is 2.14. The van der Waals surface area contributed by atoms with Crippen LogP contribution in [0, 0.1) is 0 Å². The Balaban J connectivity index is 2.49. The van der Waals surface area contributed by atoms with Gasteiger partial charge in [-0.3, -0.25) is 5.10 Å². The third-order valence-corrected chi connectivity index (χ3v) is 2.74. The van der Waals surface area contributed by atoms with E-state index >= 15 is 0 Å². The minimum Gasteiger partial charge on any atom is -0.507 e. The van der Waals surface area contributed by atoms with E-state index in [0.29, 0.717) is 0 Å². The second-order valence-electron chi connectivity index (χ2n) is 3.73. The maximum Gasteiger partial charge on any atom is 0.124 e. The van der Waals surface area contributed by atoms with Crippen LogP contribution in [0.3, 0.4) is 0 Å². The molecule has 0 fully saturated rings. The SMILES string of the molecule is CNC(C)c1cn[nH]c1-c1ccccc1O. The fraction of sp³-hybridized carbons (Fsp3) is 0.250. The molecule has 3 N–H and O–H groups in total. The third kappa shape index (κ3) is 1.79. The number of hydrogen-bond donors (Lipinski definition) is 3. The third-order valence-electron chi connectivity index (χ3n) is 2.74. The fourth-order valence-electron chi connectivity index (χ4n) is 1.68. The molecule has 0 spiro atoms. The van der Waals surface area contributed by atoms with Crippen LogP contribution in [0.25, 0.3) is 11.3 Å². The van der Waals surface area contributed by atoms with E-state index in [1.54, 1.807) is 18.3 Å². The Morgan fingerprint density at radius 3 is 2.81 bits per heavy atom. The number of rotatable bonds is 3. The summed E-state index contributed by atoms with van der Waals surface area (Å²) in [5, 5.41) is 19.9. The lowest BCUT2D eigenvalue weighted by molar-refractivity contribution is 0.477. The van der Waals surface area contributed by atoms with Crippen molar-refractivity contribution in [3.63, 3.8) is 0 Å². The molecule has 0 radical (unpaired) electrons. The maximum absolute atomic E-state index is 9.79. The van der Waals surface area contributed by atoms with Crippen molar-refractivity contribution in [1.82, 2.24) is 15.5 Å². The van der Waals surface area contributed by atoms with Crippen molar-refractivity contribution in [2.45, 2.75) is 13.0 Å². The fourth-order valence-corrected chi connectivity index (χ4v) is 1.68. The number of aromatic nitrogens is 2. The predicted molar refractivity (Wildman–Crippen MR) is 63.2 cm³/mol. The molecule has 1 unspecified atom stereocenters. The lowest BCUT2D eigenvalue weighted by atomic mass is 10.0. The summed E-state index contributed by atoms with van der Waals surface area (Å²) in [4.78, 5) is 0. The molecule has 4 nitrogen and oxygen atoms in total. The van der Waals surface area contributed by atoms with Gasteiger partial charge in [-0.1, -0.05) is 12.1 Å². The number of H-pyrrole nitrogens is 1. The summed E-state index contributed by atoms with van der Waals surface area (Å²) in [6.45, 7) is 2.05. The molecule has 0 aliphatic carbocycles. The number of benzene rings is 1. The van der Waals surface area contributed by atoms with E-state index in [-0.39, 0.29) is 11.8 Å². The molecule has 16 heavy (non-hydrogen) atoms. The molecule has 4 heteroatoms. The zero-order chi connectivity index (χ0) is 11.5. The molecule has 0 bridgehead atoms. The zero-order valence-corrected chi connectivity index (χ0v) is 9.36. The second-order valence-corrected chi connectivity index (χ2v) is 3.73. The summed E-state index contributed by atoms with van der Waals surface area (Å²) in [5.41, 5.74) is 2.68. The van der Waals surface area contributed by atoms with Gasteiger partial charge in [0, 0.05) is 17.2 Å². The van der Waals surface area contributed by atoms with Crippen LogP contribution in [0.15, 0.2) is 30.5 Å². The first-order valence-electron chi connectivity index (χ1n) is 5.23. The van der Waals surface area contributed by atoms with E-state index in [1.165, 1.54) is 0 Å². The molecule has 1 atom stereocenters. The molecule has 2 rings (SSSR count). The molecule has 0 aliphatic rings. The van der Waals surface area contributed by atoms with Crippen LogP contribution in [-0.4, -0.2) is 22.4 Å². The highest BCUT2D eigenvalue weighted by Crippen LogP contribution is 2.31. The Morgan fingerprint density at radius 1 is 1.38 bits per heavy atom. The molecule has 0 amide bonds. The van der Waals surface area contributed by atoms with Crippen LogP contribution in [0.1, 0.15) is 18.5 Å². The van der Waals surface area contributed by atoms with Gasteiger partial charge in [-0.25, -0.2) is 0 Å². The van der Waals surface area contributed by atoms with Gasteiger partial charge in [0.2, 0.25) is 0 Å². The first-order chi connectivity index (χ1) is 7.74. The molecule has 1 aromatic carbocycles. The van der Waals surface area contributed by atoms with Crippen LogP contribution in [0.5, 0.6) is 5.75 Å². The number of nitrogens with one attached hydrogen (secondary N) is 2. The predicted octanol–water partition coefficient (Wildman–Crippen LogP) is 2.06. The van der Waals surface area contributed by atoms with Gasteiger partial charge in [-0.2, -0.15) is 5.10 Å². The average molecular weight is 217 g/mol. The van der Waals surface area contributed by atoms with E-state index in [4.69, 9.17) is 0 Å². The van der Waals surface area contributed by atoms with Crippen molar-refractivity contribution in [3.05, 3.63) is 36.0 Å². The summed E-state index contributed by atoms with van der Waals surface area (Å²) in [5.74, 6) is 0.260. The minimum atomic E-state index is 0.188. The number of nitrogens with zero attached hydrogens (tertiary/aromatic N) is 1. The van der Waals surface area contributed by atoms with Crippen LogP contribution in [0.2, 0.25) is 0 Å². The largest absolute Gasteiger partial charge is 0.507 e. The van der Waals surface area contributed by atoms with E-state index in [1.807, 2.05) is 26.1 Å². The molecule has 1 aromatic heterocycles. The number of para-hydroxylation sites is 1. The van der Waals surface area contributed by atoms with Crippen LogP contribution >= 0.6 is 0 Å². The van der Waals surface area contributed by atoms with Gasteiger partial charge < -0.3 is 10.4 Å². The monoisotopic (exact) mass is 217 g/mol. The number of phenolic OH excluding ortho intramolecular Hbond substituents is 1. The zero-order valence-electron chi connectivity index (χ0n) is 9.36. The summed E-state index contributed by atoms with van der Waals surface area (Å²) >= 11 is 0. The Morgan fingerprint density at radius 2 is 2.12 bits per heavy atom. The second kappa shape index (κ2) is 4.37. The topological polar surface area (TPSA) is 60.9 Å². The normalized spacial score (nSPS) is 12.6. The quantitative estimate of drug-likeness (QED) is 0.737. The lowest BCUT2D eigenvalue weighted by Gasteiger charge is -2.11. The molecule has 0 aliphatic heterocycles. The minimum absolute atomic E-state index is 0.188. The van der Waals surface area contributed by atoms with Crippen molar-refractivity contribution in [3.8, 4) is 17.0 Å². The van der Waals surface area contributed by atoms with Gasteiger partial charge in [-0.05, 0) is 26.1 Å². The van der Waals surface area contributed by atoms with Crippen molar-refractivity contribution in [1.29, 1.82) is 0 Å². The number of aromatic amines is 1. The van der Waals surface area contributed by atoms with Crippen molar-refractivity contribution in [2.24, 2.45) is 0 Å². The Bertz CT molecular complexity index is 479. The maximum atomic E-state index is 9.79. The molecule has 1 heterocycles. The first-order valence-corrected chi connectivity index (χ1v) is 5.23. The van der Waals surface area contributed by atoms with Gasteiger partial charge in [0.1, 0.15) is 5.75 Å². The molecular formula is C12H15N3O. The van der Waals surface area contributed by atoms with E-state index < -0.39 is 0 Å². The van der Waals surface area contributed by atoms with Gasteiger partial charge in [0.15, 0.2) is 0 Å². The average Bonchev–Trinajstić information content (AvgIpc) is 2.77. The molecular weight excluding hydrogens is 202 g/mol. The number of phenols is 1.